The maximum absolute atomic E-state index is 9.11. The van der Waals surface area contributed by atoms with Gasteiger partial charge in [0, 0.05) is 41.4 Å². The molecule has 6 unspecified atom stereocenters. The van der Waals surface area contributed by atoms with E-state index in [-0.39, 0.29) is 24.0 Å². The standard InChI is InChI=1S/C53H66N4/c1-4-15-39-28-31-47(51(54)37(39)3)46-26-11-10-20-42(46)35-45-25-14-27-49(55-45)43-23-13-24-44(34-43)50-33-30-41-22-12-21-40-29-32-48(56-52(40)53(41)57-50)36(2)16-8-9-19-38-17-6-5-7-18-38/h4,8-9,12-17,19,21,23,25,30,33-36,41,44-45,48-49,53-56H,5-7,10-11,18,20,22,24,26-29,31-32H2,1-3H3/b15-4-,16-8-,19-9+,42-35+,47-46-,54-51?/t36?,41?,44?,45?,48?,49-,53?/m0/s1. The number of nitrogens with zero attached hydrogens (tertiary/aromatic N) is 1. The molecule has 4 nitrogen and oxygen atoms in total. The molecular formula is C53H66N4. The van der Waals surface area contributed by atoms with E-state index in [1.807, 2.05) is 0 Å². The molecule has 1 saturated carbocycles. The van der Waals surface area contributed by atoms with Gasteiger partial charge in [0.25, 0.3) is 0 Å². The van der Waals surface area contributed by atoms with Crippen molar-refractivity contribution in [2.75, 3.05) is 0 Å². The van der Waals surface area contributed by atoms with Crippen molar-refractivity contribution in [3.8, 4) is 0 Å². The predicted octanol–water partition coefficient (Wildman–Crippen LogP) is 12.5. The topological polar surface area (TPSA) is 60.3 Å². The lowest BCUT2D eigenvalue weighted by Crippen LogP contribution is -2.43. The Hall–Kier alpha value is -4.28. The van der Waals surface area contributed by atoms with E-state index >= 15 is 0 Å². The molecule has 7 atom stereocenters. The van der Waals surface area contributed by atoms with E-state index in [0.717, 1.165) is 69.1 Å². The van der Waals surface area contributed by atoms with E-state index in [2.05, 4.69) is 135 Å². The lowest BCUT2D eigenvalue weighted by Gasteiger charge is -2.37. The summed E-state index contributed by atoms with van der Waals surface area (Å²) < 4.78 is 0. The molecule has 3 heterocycles. The van der Waals surface area contributed by atoms with Gasteiger partial charge in [0.15, 0.2) is 0 Å². The molecule has 0 saturated heterocycles. The zero-order valence-corrected chi connectivity index (χ0v) is 34.9. The highest BCUT2D eigenvalue weighted by atomic mass is 15.0. The third-order valence-electron chi connectivity index (χ3n) is 13.9. The second-order valence-electron chi connectivity index (χ2n) is 17.7. The van der Waals surface area contributed by atoms with Crippen LogP contribution in [-0.4, -0.2) is 35.6 Å². The van der Waals surface area contributed by atoms with Gasteiger partial charge in [-0.25, -0.2) is 0 Å². The second-order valence-corrected chi connectivity index (χ2v) is 17.7. The van der Waals surface area contributed by atoms with E-state index in [1.165, 1.54) is 88.9 Å². The van der Waals surface area contributed by atoms with Crippen molar-refractivity contribution < 1.29 is 0 Å². The van der Waals surface area contributed by atoms with Crippen molar-refractivity contribution in [1.29, 1.82) is 5.41 Å². The monoisotopic (exact) mass is 759 g/mol. The lowest BCUT2D eigenvalue weighted by molar-refractivity contribution is 0.388. The summed E-state index contributed by atoms with van der Waals surface area (Å²) >= 11 is 0. The van der Waals surface area contributed by atoms with E-state index in [4.69, 9.17) is 10.4 Å². The Kier molecular flexibility index (Phi) is 12.9. The summed E-state index contributed by atoms with van der Waals surface area (Å²) in [5, 5.41) is 17.2. The zero-order valence-electron chi connectivity index (χ0n) is 34.9. The first kappa shape index (κ1) is 39.5. The summed E-state index contributed by atoms with van der Waals surface area (Å²) in [6, 6.07) is 1.04. The van der Waals surface area contributed by atoms with Crippen LogP contribution in [0.1, 0.15) is 117 Å². The highest BCUT2D eigenvalue weighted by Gasteiger charge is 2.35. The zero-order chi connectivity index (χ0) is 39.1. The number of aliphatic imine (C=N–C) groups is 1. The average molecular weight is 759 g/mol. The summed E-state index contributed by atoms with van der Waals surface area (Å²) in [7, 11) is 0. The van der Waals surface area contributed by atoms with Crippen molar-refractivity contribution >= 4 is 11.4 Å². The maximum atomic E-state index is 9.11. The van der Waals surface area contributed by atoms with Crippen LogP contribution in [0.5, 0.6) is 0 Å². The number of dihydropyridines is 1. The number of rotatable bonds is 8. The van der Waals surface area contributed by atoms with Crippen LogP contribution in [0.25, 0.3) is 0 Å². The minimum atomic E-state index is 0.153. The Morgan fingerprint density at radius 1 is 0.860 bits per heavy atom. The van der Waals surface area contributed by atoms with Crippen molar-refractivity contribution in [2.45, 2.75) is 141 Å². The molecule has 0 aromatic heterocycles. The van der Waals surface area contributed by atoms with E-state index < -0.39 is 0 Å². The van der Waals surface area contributed by atoms with Crippen LogP contribution >= 0.6 is 0 Å². The minimum Gasteiger partial charge on any atom is -0.383 e. The number of nitrogens with one attached hydrogen (secondary N) is 3. The number of fused-ring (bicyclic) bond motifs is 2. The van der Waals surface area contributed by atoms with Gasteiger partial charge in [-0.1, -0.05) is 110 Å². The SMILES string of the molecule is C/C=C\C1=C(C)C(=N)/C(=C2/CCCC/C2=C\C2C=CC[C@@H](C3=CC(C4=NC5C6=C(C=CCC5C=C4)CCC(C(C)/C=C\C=C\C4=CCCCC4)N6)CC=C3)N2)CC1. The molecule has 0 amide bonds. The molecule has 0 aromatic carbocycles. The van der Waals surface area contributed by atoms with E-state index in [0.29, 0.717) is 17.9 Å². The molecule has 4 heteroatoms. The van der Waals surface area contributed by atoms with Crippen molar-refractivity contribution in [1.82, 2.24) is 10.6 Å². The van der Waals surface area contributed by atoms with Crippen molar-refractivity contribution in [3.63, 3.8) is 0 Å². The average Bonchev–Trinajstić information content (AvgIpc) is 3.43. The Morgan fingerprint density at radius 2 is 1.74 bits per heavy atom. The quantitative estimate of drug-likeness (QED) is 0.171. The smallest absolute Gasteiger partial charge is 0.0965 e. The van der Waals surface area contributed by atoms with Crippen LogP contribution in [-0.2, 0) is 0 Å². The van der Waals surface area contributed by atoms with Crippen LogP contribution < -0.4 is 10.6 Å². The first-order valence-corrected chi connectivity index (χ1v) is 22.6. The third-order valence-corrected chi connectivity index (χ3v) is 13.9. The molecule has 0 spiro atoms. The van der Waals surface area contributed by atoms with Crippen LogP contribution in [0.3, 0.4) is 0 Å². The Morgan fingerprint density at radius 3 is 2.61 bits per heavy atom. The molecule has 57 heavy (non-hydrogen) atoms. The fraction of sp³-hybridized carbons (Fsp3) is 0.472. The van der Waals surface area contributed by atoms with Gasteiger partial charge in [-0.05, 0) is 161 Å². The molecule has 0 radical (unpaired) electrons. The predicted molar refractivity (Wildman–Crippen MR) is 243 cm³/mol. The normalized spacial score (nSPS) is 33.4. The number of hydrogen-bond acceptors (Lipinski definition) is 4. The van der Waals surface area contributed by atoms with Crippen LogP contribution in [0.15, 0.2) is 159 Å². The highest BCUT2D eigenvalue weighted by molar-refractivity contribution is 6.12. The molecule has 0 aromatic rings. The first-order valence-electron chi connectivity index (χ1n) is 22.6. The molecule has 3 aliphatic heterocycles. The Balaban J connectivity index is 0.957. The number of allylic oxidation sites excluding steroid dienone is 18. The molecule has 3 N–H and O–H groups in total. The lowest BCUT2D eigenvalue weighted by atomic mass is 9.78. The Labute approximate surface area is 343 Å². The van der Waals surface area contributed by atoms with Gasteiger partial charge in [0.2, 0.25) is 0 Å². The van der Waals surface area contributed by atoms with Gasteiger partial charge in [0.1, 0.15) is 0 Å². The minimum absolute atomic E-state index is 0.153. The summed E-state index contributed by atoms with van der Waals surface area (Å²) in [6.45, 7) is 6.59. The molecule has 0 bridgehead atoms. The van der Waals surface area contributed by atoms with Crippen molar-refractivity contribution in [3.05, 3.63) is 154 Å². The van der Waals surface area contributed by atoms with Gasteiger partial charge >= 0.3 is 0 Å². The molecule has 1 fully saturated rings. The second kappa shape index (κ2) is 18.5. The third kappa shape index (κ3) is 9.23. The number of hydrogen-bond donors (Lipinski definition) is 3. The molecule has 5 aliphatic carbocycles. The van der Waals surface area contributed by atoms with Crippen LogP contribution in [0.2, 0.25) is 0 Å². The fourth-order valence-electron chi connectivity index (χ4n) is 10.5. The van der Waals surface area contributed by atoms with Gasteiger partial charge in [-0.2, -0.15) is 0 Å². The maximum Gasteiger partial charge on any atom is 0.0965 e. The highest BCUT2D eigenvalue weighted by Crippen LogP contribution is 2.39. The van der Waals surface area contributed by atoms with Gasteiger partial charge in [-0.3, -0.25) is 4.99 Å². The van der Waals surface area contributed by atoms with Gasteiger partial charge in [0.05, 0.1) is 11.8 Å². The molecular weight excluding hydrogens is 693 g/mol. The van der Waals surface area contributed by atoms with E-state index in [1.54, 1.807) is 0 Å². The molecule has 298 valence electrons. The van der Waals surface area contributed by atoms with Gasteiger partial charge < -0.3 is 16.0 Å². The van der Waals surface area contributed by atoms with Crippen molar-refractivity contribution in [2.24, 2.45) is 22.7 Å². The molecule has 8 rings (SSSR count). The molecule has 8 aliphatic rings. The first-order chi connectivity index (χ1) is 27.9. The summed E-state index contributed by atoms with van der Waals surface area (Å²) in [5.41, 5.74) is 14.4. The fourth-order valence-corrected chi connectivity index (χ4v) is 10.5. The Bertz CT molecular complexity index is 2010. The largest absolute Gasteiger partial charge is 0.383 e. The summed E-state index contributed by atoms with van der Waals surface area (Å²) in [4.78, 5) is 5.63. The summed E-state index contributed by atoms with van der Waals surface area (Å²) in [6.07, 6.45) is 57.2. The summed E-state index contributed by atoms with van der Waals surface area (Å²) in [5.74, 6) is 1.13. The van der Waals surface area contributed by atoms with Crippen LogP contribution in [0, 0.1) is 23.2 Å². The van der Waals surface area contributed by atoms with E-state index in [9.17, 15) is 0 Å². The van der Waals surface area contributed by atoms with Crippen LogP contribution in [0.4, 0.5) is 0 Å². The van der Waals surface area contributed by atoms with Gasteiger partial charge in [-0.15, -0.1) is 0 Å².